The largest absolute Gasteiger partial charge is 0.348 e. The van der Waals surface area contributed by atoms with E-state index in [9.17, 15) is 13.6 Å². The van der Waals surface area contributed by atoms with Crippen molar-refractivity contribution >= 4 is 5.91 Å². The van der Waals surface area contributed by atoms with Crippen molar-refractivity contribution < 1.29 is 13.6 Å². The zero-order chi connectivity index (χ0) is 16.4. The molecule has 1 N–H and O–H groups in total. The summed E-state index contributed by atoms with van der Waals surface area (Å²) >= 11 is 0. The zero-order valence-electron chi connectivity index (χ0n) is 12.8. The molecule has 0 radical (unpaired) electrons. The lowest BCUT2D eigenvalue weighted by Gasteiger charge is -2.29. The molecule has 0 atom stereocenters. The molecule has 2 heterocycles. The molecule has 1 saturated carbocycles. The number of aromatic nitrogens is 4. The van der Waals surface area contributed by atoms with E-state index in [0.29, 0.717) is 6.04 Å². The van der Waals surface area contributed by atoms with Gasteiger partial charge in [-0.2, -0.15) is 10.2 Å². The van der Waals surface area contributed by atoms with Gasteiger partial charge in [-0.1, -0.05) is 0 Å². The highest BCUT2D eigenvalue weighted by Gasteiger charge is 2.25. The molecule has 0 saturated heterocycles. The van der Waals surface area contributed by atoms with Crippen LogP contribution in [0.25, 0.3) is 0 Å². The number of carbonyl (C=O) groups excluding carboxylic acids is 1. The van der Waals surface area contributed by atoms with E-state index in [1.54, 1.807) is 6.20 Å². The van der Waals surface area contributed by atoms with Crippen LogP contribution in [-0.2, 0) is 7.05 Å². The number of hydrogen-bond acceptors (Lipinski definition) is 3. The van der Waals surface area contributed by atoms with Gasteiger partial charge in [0.25, 0.3) is 12.3 Å². The van der Waals surface area contributed by atoms with Crippen LogP contribution in [0.5, 0.6) is 0 Å². The quantitative estimate of drug-likeness (QED) is 0.940. The van der Waals surface area contributed by atoms with Crippen LogP contribution < -0.4 is 5.32 Å². The van der Waals surface area contributed by atoms with E-state index < -0.39 is 6.43 Å². The highest BCUT2D eigenvalue weighted by Crippen LogP contribution is 2.28. The fourth-order valence-corrected chi connectivity index (χ4v) is 3.05. The minimum absolute atomic E-state index is 0.0548. The molecule has 0 aliphatic heterocycles. The van der Waals surface area contributed by atoms with Gasteiger partial charge in [-0.25, -0.2) is 8.78 Å². The zero-order valence-corrected chi connectivity index (χ0v) is 12.8. The van der Waals surface area contributed by atoms with Gasteiger partial charge in [0.1, 0.15) is 11.4 Å². The first-order valence-electron chi connectivity index (χ1n) is 7.66. The predicted molar refractivity (Wildman–Crippen MR) is 79.2 cm³/mol. The average molecular weight is 323 g/mol. The first-order chi connectivity index (χ1) is 11.0. The standard InChI is InChI=1S/C15H19F2N5O/c1-21-13(9-12(20-21)14(16)17)15(23)19-10-3-5-11(6-4-10)22-8-2-7-18-22/h2,7-11,14H,3-6H2,1H3,(H,19,23). The Morgan fingerprint density at radius 3 is 2.65 bits per heavy atom. The van der Waals surface area contributed by atoms with Gasteiger partial charge < -0.3 is 5.32 Å². The lowest BCUT2D eigenvalue weighted by Crippen LogP contribution is -2.38. The maximum atomic E-state index is 12.6. The van der Waals surface area contributed by atoms with Gasteiger partial charge in [0.05, 0.1) is 6.04 Å². The second-order valence-electron chi connectivity index (χ2n) is 5.84. The van der Waals surface area contributed by atoms with Crippen molar-refractivity contribution in [2.75, 3.05) is 0 Å². The number of rotatable bonds is 4. The van der Waals surface area contributed by atoms with Crippen molar-refractivity contribution in [1.82, 2.24) is 24.9 Å². The smallest absolute Gasteiger partial charge is 0.282 e. The maximum Gasteiger partial charge on any atom is 0.282 e. The van der Waals surface area contributed by atoms with Crippen molar-refractivity contribution in [3.63, 3.8) is 0 Å². The van der Waals surface area contributed by atoms with Crippen LogP contribution in [-0.4, -0.2) is 31.5 Å². The van der Waals surface area contributed by atoms with Crippen LogP contribution in [0.4, 0.5) is 8.78 Å². The number of halogens is 2. The SMILES string of the molecule is Cn1nc(C(F)F)cc1C(=O)NC1CCC(n2cccn2)CC1. The summed E-state index contributed by atoms with van der Waals surface area (Å²) < 4.78 is 28.4. The molecule has 0 unspecified atom stereocenters. The van der Waals surface area contributed by atoms with Gasteiger partial charge >= 0.3 is 0 Å². The third kappa shape index (κ3) is 3.40. The lowest BCUT2D eigenvalue weighted by atomic mass is 9.91. The molecular formula is C15H19F2N5O. The molecule has 124 valence electrons. The molecule has 6 nitrogen and oxygen atoms in total. The molecule has 1 amide bonds. The Kier molecular flexibility index (Phi) is 4.40. The Bertz CT molecular complexity index is 659. The van der Waals surface area contributed by atoms with E-state index in [2.05, 4.69) is 15.5 Å². The molecule has 8 heteroatoms. The Balaban J connectivity index is 1.57. The highest BCUT2D eigenvalue weighted by atomic mass is 19.3. The van der Waals surface area contributed by atoms with Crippen LogP contribution in [0.1, 0.15) is 54.3 Å². The predicted octanol–water partition coefficient (Wildman–Crippen LogP) is 2.47. The summed E-state index contributed by atoms with van der Waals surface area (Å²) in [5.41, 5.74) is -0.213. The second-order valence-corrected chi connectivity index (χ2v) is 5.84. The first kappa shape index (κ1) is 15.6. The van der Waals surface area contributed by atoms with Crippen LogP contribution in [0.3, 0.4) is 0 Å². The monoisotopic (exact) mass is 323 g/mol. The summed E-state index contributed by atoms with van der Waals surface area (Å²) in [6, 6.07) is 3.46. The third-order valence-electron chi connectivity index (χ3n) is 4.29. The van der Waals surface area contributed by atoms with Crippen molar-refractivity contribution in [2.24, 2.45) is 7.05 Å². The molecule has 1 aliphatic carbocycles. The first-order valence-corrected chi connectivity index (χ1v) is 7.66. The van der Waals surface area contributed by atoms with Gasteiger partial charge in [0.15, 0.2) is 0 Å². The molecular weight excluding hydrogens is 304 g/mol. The fraction of sp³-hybridized carbons (Fsp3) is 0.533. The Morgan fingerprint density at radius 2 is 2.09 bits per heavy atom. The van der Waals surface area contributed by atoms with E-state index >= 15 is 0 Å². The van der Waals surface area contributed by atoms with Gasteiger partial charge in [0.2, 0.25) is 0 Å². The Hall–Kier alpha value is -2.25. The van der Waals surface area contributed by atoms with Crippen molar-refractivity contribution in [2.45, 2.75) is 44.2 Å². The number of alkyl halides is 2. The average Bonchev–Trinajstić information content (AvgIpc) is 3.17. The Morgan fingerprint density at radius 1 is 1.35 bits per heavy atom. The molecule has 0 spiro atoms. The lowest BCUT2D eigenvalue weighted by molar-refractivity contribution is 0.0912. The fourth-order valence-electron chi connectivity index (χ4n) is 3.05. The molecule has 0 bridgehead atoms. The van der Waals surface area contributed by atoms with Crippen molar-refractivity contribution in [1.29, 1.82) is 0 Å². The molecule has 0 aromatic carbocycles. The summed E-state index contributed by atoms with van der Waals surface area (Å²) in [4.78, 5) is 12.2. The summed E-state index contributed by atoms with van der Waals surface area (Å²) in [6.07, 6.45) is 4.58. The number of nitrogens with zero attached hydrogens (tertiary/aromatic N) is 4. The number of aryl methyl sites for hydroxylation is 1. The third-order valence-corrected chi connectivity index (χ3v) is 4.29. The van der Waals surface area contributed by atoms with E-state index in [1.807, 2.05) is 16.9 Å². The van der Waals surface area contributed by atoms with Gasteiger partial charge in [-0.05, 0) is 37.8 Å². The minimum Gasteiger partial charge on any atom is -0.348 e. The number of carbonyl (C=O) groups is 1. The summed E-state index contributed by atoms with van der Waals surface area (Å²) in [5.74, 6) is -0.352. The van der Waals surface area contributed by atoms with Crippen molar-refractivity contribution in [3.8, 4) is 0 Å². The minimum atomic E-state index is -2.67. The molecule has 1 fully saturated rings. The van der Waals surface area contributed by atoms with E-state index in [0.717, 1.165) is 31.7 Å². The van der Waals surface area contributed by atoms with Crippen LogP contribution >= 0.6 is 0 Å². The molecule has 3 rings (SSSR count). The molecule has 2 aromatic rings. The highest BCUT2D eigenvalue weighted by molar-refractivity contribution is 5.92. The topological polar surface area (TPSA) is 64.7 Å². The molecule has 23 heavy (non-hydrogen) atoms. The summed E-state index contributed by atoms with van der Waals surface area (Å²) in [6.45, 7) is 0. The van der Waals surface area contributed by atoms with Crippen LogP contribution in [0, 0.1) is 0 Å². The Labute approximate surface area is 132 Å². The number of amides is 1. The maximum absolute atomic E-state index is 12.6. The summed E-state index contributed by atoms with van der Waals surface area (Å²) in [5, 5.41) is 10.8. The molecule has 1 aliphatic rings. The summed E-state index contributed by atoms with van der Waals surface area (Å²) in [7, 11) is 1.50. The van der Waals surface area contributed by atoms with Crippen LogP contribution in [0.2, 0.25) is 0 Å². The normalized spacial score (nSPS) is 21.6. The van der Waals surface area contributed by atoms with E-state index in [1.165, 1.54) is 11.7 Å². The second kappa shape index (κ2) is 6.47. The van der Waals surface area contributed by atoms with Crippen LogP contribution in [0.15, 0.2) is 24.5 Å². The van der Waals surface area contributed by atoms with E-state index in [-0.39, 0.29) is 23.3 Å². The van der Waals surface area contributed by atoms with E-state index in [4.69, 9.17) is 0 Å². The number of nitrogens with one attached hydrogen (secondary N) is 1. The van der Waals surface area contributed by atoms with Gasteiger partial charge in [-0.3, -0.25) is 14.2 Å². The number of hydrogen-bond donors (Lipinski definition) is 1. The van der Waals surface area contributed by atoms with Crippen molar-refractivity contribution in [3.05, 3.63) is 35.9 Å². The molecule has 2 aromatic heterocycles. The van der Waals surface area contributed by atoms with Gasteiger partial charge in [-0.15, -0.1) is 0 Å². The van der Waals surface area contributed by atoms with Gasteiger partial charge in [0, 0.05) is 25.5 Å².